The van der Waals surface area contributed by atoms with Crippen LogP contribution in [0.2, 0.25) is 0 Å². The third kappa shape index (κ3) is 3.46. The zero-order valence-electron chi connectivity index (χ0n) is 14.0. The number of hydrogen-bond donors (Lipinski definition) is 4. The zero-order chi connectivity index (χ0) is 18.7. The van der Waals surface area contributed by atoms with E-state index >= 15 is 0 Å². The van der Waals surface area contributed by atoms with Crippen LogP contribution in [0.1, 0.15) is 15.9 Å². The molecule has 0 spiro atoms. The van der Waals surface area contributed by atoms with E-state index in [4.69, 9.17) is 4.74 Å². The predicted octanol–water partition coefficient (Wildman–Crippen LogP) is 2.09. The molecule has 134 valence electrons. The van der Waals surface area contributed by atoms with Crippen molar-refractivity contribution in [2.75, 3.05) is 7.11 Å². The van der Waals surface area contributed by atoms with E-state index in [1.807, 2.05) is 24.3 Å². The van der Waals surface area contributed by atoms with E-state index in [0.29, 0.717) is 0 Å². The van der Waals surface area contributed by atoms with Crippen LogP contribution >= 0.6 is 0 Å². The second kappa shape index (κ2) is 7.18. The second-order valence-corrected chi connectivity index (χ2v) is 5.82. The number of aromatic nitrogens is 1. The molecule has 26 heavy (non-hydrogen) atoms. The maximum Gasteiger partial charge on any atom is 0.328 e. The lowest BCUT2D eigenvalue weighted by molar-refractivity contribution is -0.142. The Labute approximate surface area is 149 Å². The summed E-state index contributed by atoms with van der Waals surface area (Å²) in [5, 5.41) is 22.5. The molecule has 0 fully saturated rings. The van der Waals surface area contributed by atoms with Gasteiger partial charge in [0, 0.05) is 29.1 Å². The average Bonchev–Trinajstić information content (AvgIpc) is 3.05. The number of phenolic OH excluding ortho intramolecular Hbond substituents is 2. The summed E-state index contributed by atoms with van der Waals surface area (Å²) in [7, 11) is 1.25. The van der Waals surface area contributed by atoms with Crippen LogP contribution in [-0.4, -0.2) is 40.2 Å². The summed E-state index contributed by atoms with van der Waals surface area (Å²) in [5.41, 5.74) is 1.92. The number of methoxy groups -OCH3 is 1. The lowest BCUT2D eigenvalue weighted by Crippen LogP contribution is -2.43. The number of fused-ring (bicyclic) bond motifs is 1. The molecule has 4 N–H and O–H groups in total. The van der Waals surface area contributed by atoms with Crippen molar-refractivity contribution in [3.8, 4) is 11.5 Å². The van der Waals surface area contributed by atoms with Crippen LogP contribution in [0, 0.1) is 0 Å². The smallest absolute Gasteiger partial charge is 0.328 e. The molecule has 3 aromatic rings. The van der Waals surface area contributed by atoms with Crippen LogP contribution < -0.4 is 5.32 Å². The minimum atomic E-state index is -0.900. The number of aromatic amines is 1. The minimum Gasteiger partial charge on any atom is -0.504 e. The van der Waals surface area contributed by atoms with Crippen molar-refractivity contribution in [2.24, 2.45) is 0 Å². The van der Waals surface area contributed by atoms with Crippen LogP contribution in [0.25, 0.3) is 10.9 Å². The van der Waals surface area contributed by atoms with E-state index < -0.39 is 23.7 Å². The van der Waals surface area contributed by atoms with Crippen LogP contribution in [0.4, 0.5) is 0 Å². The first-order valence-corrected chi connectivity index (χ1v) is 7.95. The Morgan fingerprint density at radius 1 is 1.15 bits per heavy atom. The largest absolute Gasteiger partial charge is 0.504 e. The fourth-order valence-corrected chi connectivity index (χ4v) is 2.76. The number of ether oxygens (including phenoxy) is 1. The fourth-order valence-electron chi connectivity index (χ4n) is 2.76. The number of H-pyrrole nitrogens is 1. The highest BCUT2D eigenvalue weighted by molar-refractivity contribution is 5.97. The van der Waals surface area contributed by atoms with Gasteiger partial charge in [0.15, 0.2) is 11.5 Å². The molecule has 1 aromatic heterocycles. The molecule has 0 aliphatic carbocycles. The Hall–Kier alpha value is -3.48. The lowest BCUT2D eigenvalue weighted by Gasteiger charge is -2.16. The van der Waals surface area contributed by atoms with Gasteiger partial charge >= 0.3 is 5.97 Å². The van der Waals surface area contributed by atoms with E-state index in [1.54, 1.807) is 6.20 Å². The number of carbonyl (C=O) groups is 2. The first-order chi connectivity index (χ1) is 12.5. The van der Waals surface area contributed by atoms with Gasteiger partial charge in [-0.15, -0.1) is 0 Å². The summed E-state index contributed by atoms with van der Waals surface area (Å²) >= 11 is 0. The SMILES string of the molecule is COC(=O)[C@H](Cc1c[nH]c2ccccc12)NC(=O)c1ccc(O)c(O)c1. The van der Waals surface area contributed by atoms with Crippen molar-refractivity contribution in [1.29, 1.82) is 0 Å². The minimum absolute atomic E-state index is 0.119. The zero-order valence-corrected chi connectivity index (χ0v) is 14.0. The molecule has 1 heterocycles. The van der Waals surface area contributed by atoms with E-state index in [-0.39, 0.29) is 17.7 Å². The van der Waals surface area contributed by atoms with Crippen molar-refractivity contribution >= 4 is 22.8 Å². The van der Waals surface area contributed by atoms with Crippen molar-refractivity contribution in [1.82, 2.24) is 10.3 Å². The van der Waals surface area contributed by atoms with Gasteiger partial charge in [-0.1, -0.05) is 18.2 Å². The van der Waals surface area contributed by atoms with Crippen molar-refractivity contribution in [3.63, 3.8) is 0 Å². The summed E-state index contributed by atoms with van der Waals surface area (Å²) in [5.74, 6) is -1.88. The number of aromatic hydroxyl groups is 2. The summed E-state index contributed by atoms with van der Waals surface area (Å²) in [6, 6.07) is 10.4. The molecule has 0 unspecified atom stereocenters. The van der Waals surface area contributed by atoms with Gasteiger partial charge < -0.3 is 25.3 Å². The summed E-state index contributed by atoms with van der Waals surface area (Å²) in [6.45, 7) is 0. The number of nitrogens with one attached hydrogen (secondary N) is 2. The third-order valence-corrected chi connectivity index (χ3v) is 4.13. The molecule has 3 rings (SSSR count). The van der Waals surface area contributed by atoms with Gasteiger partial charge in [0.1, 0.15) is 6.04 Å². The van der Waals surface area contributed by atoms with Gasteiger partial charge in [0.05, 0.1) is 7.11 Å². The number of phenols is 2. The Balaban J connectivity index is 1.83. The molecule has 0 bridgehead atoms. The summed E-state index contributed by atoms with van der Waals surface area (Å²) < 4.78 is 4.80. The topological polar surface area (TPSA) is 112 Å². The summed E-state index contributed by atoms with van der Waals surface area (Å²) in [4.78, 5) is 27.7. The van der Waals surface area contributed by atoms with E-state index in [0.717, 1.165) is 22.5 Å². The number of para-hydroxylation sites is 1. The maximum atomic E-state index is 12.4. The van der Waals surface area contributed by atoms with Crippen LogP contribution in [0.3, 0.4) is 0 Å². The standard InChI is InChI=1S/C19H18N2O5/c1-26-19(25)15(8-12-10-20-14-5-3-2-4-13(12)14)21-18(24)11-6-7-16(22)17(23)9-11/h2-7,9-10,15,20,22-23H,8H2,1H3,(H,21,24)/t15-/m0/s1. The van der Waals surface area contributed by atoms with Gasteiger partial charge in [-0.25, -0.2) is 4.79 Å². The van der Waals surface area contributed by atoms with Gasteiger partial charge in [0.25, 0.3) is 5.91 Å². The van der Waals surface area contributed by atoms with Crippen molar-refractivity contribution in [2.45, 2.75) is 12.5 Å². The molecule has 7 nitrogen and oxygen atoms in total. The third-order valence-electron chi connectivity index (χ3n) is 4.13. The fraction of sp³-hybridized carbons (Fsp3) is 0.158. The quantitative estimate of drug-likeness (QED) is 0.414. The van der Waals surface area contributed by atoms with Crippen molar-refractivity contribution < 1.29 is 24.5 Å². The summed E-state index contributed by atoms with van der Waals surface area (Å²) in [6.07, 6.45) is 2.03. The molecule has 0 saturated heterocycles. The predicted molar refractivity (Wildman–Crippen MR) is 95.0 cm³/mol. The average molecular weight is 354 g/mol. The molecule has 1 amide bonds. The molecule has 0 aliphatic heterocycles. The Morgan fingerprint density at radius 3 is 2.65 bits per heavy atom. The number of esters is 1. The van der Waals surface area contributed by atoms with Crippen LogP contribution in [0.15, 0.2) is 48.7 Å². The Morgan fingerprint density at radius 2 is 1.92 bits per heavy atom. The molecule has 0 aliphatic rings. The maximum absolute atomic E-state index is 12.4. The normalized spacial score (nSPS) is 11.9. The van der Waals surface area contributed by atoms with Gasteiger partial charge in [0.2, 0.25) is 0 Å². The highest BCUT2D eigenvalue weighted by atomic mass is 16.5. The first kappa shape index (κ1) is 17.3. The van der Waals surface area contributed by atoms with Crippen LogP contribution in [-0.2, 0) is 16.0 Å². The van der Waals surface area contributed by atoms with Gasteiger partial charge in [-0.2, -0.15) is 0 Å². The molecule has 0 saturated carbocycles. The Kier molecular flexibility index (Phi) is 4.79. The van der Waals surface area contributed by atoms with E-state index in [1.165, 1.54) is 19.2 Å². The number of amides is 1. The first-order valence-electron chi connectivity index (χ1n) is 7.95. The number of carbonyl (C=O) groups excluding carboxylic acids is 2. The highest BCUT2D eigenvalue weighted by Gasteiger charge is 2.24. The lowest BCUT2D eigenvalue weighted by atomic mass is 10.0. The molecule has 2 aromatic carbocycles. The van der Waals surface area contributed by atoms with E-state index in [2.05, 4.69) is 10.3 Å². The molecule has 1 atom stereocenters. The number of hydrogen-bond acceptors (Lipinski definition) is 5. The number of benzene rings is 2. The van der Waals surface area contributed by atoms with Crippen LogP contribution in [0.5, 0.6) is 11.5 Å². The van der Waals surface area contributed by atoms with Gasteiger partial charge in [-0.3, -0.25) is 4.79 Å². The molecular weight excluding hydrogens is 336 g/mol. The van der Waals surface area contributed by atoms with Crippen molar-refractivity contribution in [3.05, 3.63) is 59.8 Å². The molecule has 7 heteroatoms. The second-order valence-electron chi connectivity index (χ2n) is 5.82. The van der Waals surface area contributed by atoms with E-state index in [9.17, 15) is 19.8 Å². The monoisotopic (exact) mass is 354 g/mol. The number of rotatable bonds is 5. The Bertz CT molecular complexity index is 963. The molecular formula is C19H18N2O5. The highest BCUT2D eigenvalue weighted by Crippen LogP contribution is 2.25. The van der Waals surface area contributed by atoms with Gasteiger partial charge in [-0.05, 0) is 29.8 Å². The molecule has 0 radical (unpaired) electrons.